The number of carbonyl (C=O) groups is 1. The van der Waals surface area contributed by atoms with Crippen LogP contribution >= 0.6 is 0 Å². The van der Waals surface area contributed by atoms with Gasteiger partial charge in [-0.15, -0.1) is 0 Å². The van der Waals surface area contributed by atoms with Gasteiger partial charge in [0.15, 0.2) is 5.82 Å². The fourth-order valence-electron chi connectivity index (χ4n) is 2.31. The van der Waals surface area contributed by atoms with Crippen LogP contribution in [0.2, 0.25) is 0 Å². The summed E-state index contributed by atoms with van der Waals surface area (Å²) in [7, 11) is 1.64. The van der Waals surface area contributed by atoms with Crippen LogP contribution < -0.4 is 15.4 Å². The van der Waals surface area contributed by atoms with Crippen LogP contribution in [0, 0.1) is 6.92 Å². The van der Waals surface area contributed by atoms with Crippen LogP contribution in [0.15, 0.2) is 47.2 Å². The Morgan fingerprint density at radius 1 is 1.15 bits per heavy atom. The molecule has 0 radical (unpaired) electrons. The van der Waals surface area contributed by atoms with E-state index in [-0.39, 0.29) is 11.6 Å². The summed E-state index contributed by atoms with van der Waals surface area (Å²) in [4.78, 5) is 20.3. The largest absolute Gasteiger partial charge is 0.497 e. The second-order valence-corrected chi connectivity index (χ2v) is 5.59. The average Bonchev–Trinajstić information content (AvgIpc) is 3.07. The van der Waals surface area contributed by atoms with Gasteiger partial charge in [0.1, 0.15) is 29.3 Å². The Labute approximate surface area is 150 Å². The van der Waals surface area contributed by atoms with E-state index in [9.17, 15) is 4.79 Å². The maximum atomic E-state index is 12.2. The number of nitrogens with one attached hydrogen (secondary N) is 2. The van der Waals surface area contributed by atoms with Crippen molar-refractivity contribution in [2.45, 2.75) is 13.3 Å². The Bertz CT molecular complexity index is 877. The standard InChI is InChI=1S/C18H19N5O3/c1-12-9-17(23-26-12)22-18(24)15-10-16(21-11-20-15)19-8-7-13-3-5-14(25-2)6-4-13/h3-6,9-11H,7-8H2,1-2H3,(H,19,20,21)(H,22,23,24). The van der Waals surface area contributed by atoms with Gasteiger partial charge in [-0.1, -0.05) is 17.3 Å². The molecule has 0 aliphatic rings. The van der Waals surface area contributed by atoms with Crippen molar-refractivity contribution in [3.8, 4) is 5.75 Å². The number of aromatic nitrogens is 3. The van der Waals surface area contributed by atoms with Crippen molar-refractivity contribution in [1.29, 1.82) is 0 Å². The van der Waals surface area contributed by atoms with Crippen LogP contribution in [0.4, 0.5) is 11.6 Å². The summed E-state index contributed by atoms with van der Waals surface area (Å²) in [5.41, 5.74) is 1.42. The van der Waals surface area contributed by atoms with Gasteiger partial charge in [0.25, 0.3) is 5.91 Å². The summed E-state index contributed by atoms with van der Waals surface area (Å²) in [5.74, 6) is 1.99. The van der Waals surface area contributed by atoms with E-state index in [1.165, 1.54) is 11.9 Å². The predicted octanol–water partition coefficient (Wildman–Crippen LogP) is 2.69. The summed E-state index contributed by atoms with van der Waals surface area (Å²) in [6.45, 7) is 2.42. The van der Waals surface area contributed by atoms with Crippen molar-refractivity contribution in [3.63, 3.8) is 0 Å². The van der Waals surface area contributed by atoms with E-state index in [0.717, 1.165) is 12.2 Å². The fraction of sp³-hybridized carbons (Fsp3) is 0.222. The lowest BCUT2D eigenvalue weighted by Gasteiger charge is -2.07. The molecule has 0 spiro atoms. The van der Waals surface area contributed by atoms with Gasteiger partial charge in [-0.05, 0) is 31.0 Å². The quantitative estimate of drug-likeness (QED) is 0.673. The number of amides is 1. The number of nitrogens with zero attached hydrogens (tertiary/aromatic N) is 3. The summed E-state index contributed by atoms with van der Waals surface area (Å²) in [6.07, 6.45) is 2.16. The zero-order valence-electron chi connectivity index (χ0n) is 14.5. The molecule has 0 saturated carbocycles. The van der Waals surface area contributed by atoms with Crippen LogP contribution in [-0.4, -0.2) is 34.7 Å². The molecule has 3 rings (SSSR count). The molecule has 0 bridgehead atoms. The molecule has 2 aromatic heterocycles. The molecule has 8 heteroatoms. The normalized spacial score (nSPS) is 10.4. The first-order valence-corrected chi connectivity index (χ1v) is 8.07. The Hall–Kier alpha value is -3.42. The SMILES string of the molecule is COc1ccc(CCNc2cc(C(=O)Nc3cc(C)on3)ncn2)cc1. The third kappa shape index (κ3) is 4.56. The van der Waals surface area contributed by atoms with E-state index in [4.69, 9.17) is 9.26 Å². The molecule has 8 nitrogen and oxygen atoms in total. The lowest BCUT2D eigenvalue weighted by molar-refractivity contribution is 0.102. The Balaban J connectivity index is 1.55. The summed E-state index contributed by atoms with van der Waals surface area (Å²) in [6, 6.07) is 11.1. The van der Waals surface area contributed by atoms with Crippen molar-refractivity contribution in [1.82, 2.24) is 15.1 Å². The van der Waals surface area contributed by atoms with Crippen molar-refractivity contribution in [3.05, 3.63) is 59.7 Å². The first kappa shape index (κ1) is 17.4. The molecule has 0 saturated heterocycles. The van der Waals surface area contributed by atoms with Crippen molar-refractivity contribution in [2.24, 2.45) is 0 Å². The van der Waals surface area contributed by atoms with E-state index >= 15 is 0 Å². The van der Waals surface area contributed by atoms with Gasteiger partial charge in [-0.3, -0.25) is 4.79 Å². The van der Waals surface area contributed by atoms with Crippen LogP contribution in [0.25, 0.3) is 0 Å². The number of carbonyl (C=O) groups excluding carboxylic acids is 1. The number of methoxy groups -OCH3 is 1. The molecule has 26 heavy (non-hydrogen) atoms. The molecule has 3 aromatic rings. The van der Waals surface area contributed by atoms with Crippen LogP contribution in [0.5, 0.6) is 5.75 Å². The van der Waals surface area contributed by atoms with E-state index in [0.29, 0.717) is 23.9 Å². The number of aryl methyl sites for hydroxylation is 1. The van der Waals surface area contributed by atoms with Crippen molar-refractivity contribution in [2.75, 3.05) is 24.3 Å². The second kappa shape index (κ2) is 8.11. The van der Waals surface area contributed by atoms with Gasteiger partial charge in [-0.2, -0.15) is 0 Å². The first-order valence-electron chi connectivity index (χ1n) is 8.07. The van der Waals surface area contributed by atoms with Gasteiger partial charge < -0.3 is 19.9 Å². The zero-order valence-corrected chi connectivity index (χ0v) is 14.5. The number of benzene rings is 1. The maximum absolute atomic E-state index is 12.2. The minimum atomic E-state index is -0.376. The van der Waals surface area contributed by atoms with Crippen molar-refractivity contribution >= 4 is 17.5 Å². The lowest BCUT2D eigenvalue weighted by atomic mass is 10.1. The van der Waals surface area contributed by atoms with Gasteiger partial charge >= 0.3 is 0 Å². The van der Waals surface area contributed by atoms with Gasteiger partial charge in [0, 0.05) is 18.7 Å². The Morgan fingerprint density at radius 2 is 1.96 bits per heavy atom. The molecule has 2 heterocycles. The molecular formula is C18H19N5O3. The second-order valence-electron chi connectivity index (χ2n) is 5.59. The molecule has 2 N–H and O–H groups in total. The minimum absolute atomic E-state index is 0.243. The van der Waals surface area contributed by atoms with Crippen molar-refractivity contribution < 1.29 is 14.1 Å². The molecular weight excluding hydrogens is 334 g/mol. The number of rotatable bonds is 7. The van der Waals surface area contributed by atoms with E-state index in [2.05, 4.69) is 25.8 Å². The molecule has 1 aromatic carbocycles. The van der Waals surface area contributed by atoms with E-state index in [1.54, 1.807) is 26.2 Å². The fourth-order valence-corrected chi connectivity index (χ4v) is 2.31. The van der Waals surface area contributed by atoms with E-state index < -0.39 is 0 Å². The van der Waals surface area contributed by atoms with Crippen LogP contribution in [0.1, 0.15) is 21.8 Å². The number of ether oxygens (including phenoxy) is 1. The summed E-state index contributed by atoms with van der Waals surface area (Å²) < 4.78 is 10.1. The van der Waals surface area contributed by atoms with E-state index in [1.807, 2.05) is 24.3 Å². The Kier molecular flexibility index (Phi) is 5.43. The average molecular weight is 353 g/mol. The monoisotopic (exact) mass is 353 g/mol. The Morgan fingerprint density at radius 3 is 2.65 bits per heavy atom. The highest BCUT2D eigenvalue weighted by Crippen LogP contribution is 2.13. The molecule has 0 aliphatic heterocycles. The smallest absolute Gasteiger partial charge is 0.275 e. The van der Waals surface area contributed by atoms with Gasteiger partial charge in [-0.25, -0.2) is 9.97 Å². The summed E-state index contributed by atoms with van der Waals surface area (Å²) in [5, 5.41) is 9.54. The lowest BCUT2D eigenvalue weighted by Crippen LogP contribution is -2.15. The highest BCUT2D eigenvalue weighted by atomic mass is 16.5. The third-order valence-corrected chi connectivity index (χ3v) is 3.65. The molecule has 0 atom stereocenters. The number of hydrogen-bond acceptors (Lipinski definition) is 7. The number of hydrogen-bond donors (Lipinski definition) is 2. The van der Waals surface area contributed by atoms with Gasteiger partial charge in [0.05, 0.1) is 7.11 Å². The predicted molar refractivity (Wildman–Crippen MR) is 96.4 cm³/mol. The molecule has 1 amide bonds. The number of anilines is 2. The highest BCUT2D eigenvalue weighted by Gasteiger charge is 2.11. The van der Waals surface area contributed by atoms with Crippen LogP contribution in [-0.2, 0) is 6.42 Å². The van der Waals surface area contributed by atoms with Crippen LogP contribution in [0.3, 0.4) is 0 Å². The summed E-state index contributed by atoms with van der Waals surface area (Å²) >= 11 is 0. The molecule has 0 fully saturated rings. The minimum Gasteiger partial charge on any atom is -0.497 e. The third-order valence-electron chi connectivity index (χ3n) is 3.65. The molecule has 0 aliphatic carbocycles. The van der Waals surface area contributed by atoms with Gasteiger partial charge in [0.2, 0.25) is 0 Å². The first-order chi connectivity index (χ1) is 12.6. The maximum Gasteiger partial charge on any atom is 0.275 e. The molecule has 0 unspecified atom stereocenters. The molecule has 134 valence electrons. The zero-order chi connectivity index (χ0) is 18.4. The highest BCUT2D eigenvalue weighted by molar-refractivity contribution is 6.02. The topological polar surface area (TPSA) is 102 Å².